The number of aromatic nitrogens is 3. The molecule has 0 aliphatic rings. The number of pyridine rings is 1. The van der Waals surface area contributed by atoms with Gasteiger partial charge in [0.1, 0.15) is 5.75 Å². The van der Waals surface area contributed by atoms with Gasteiger partial charge < -0.3 is 4.74 Å². The van der Waals surface area contributed by atoms with Crippen molar-refractivity contribution in [3.63, 3.8) is 0 Å². The number of ether oxygens (including phenoxy) is 1. The van der Waals surface area contributed by atoms with Gasteiger partial charge in [-0.1, -0.05) is 17.8 Å². The van der Waals surface area contributed by atoms with Crippen LogP contribution in [0.1, 0.15) is 24.2 Å². The van der Waals surface area contributed by atoms with Crippen molar-refractivity contribution in [1.29, 1.82) is 0 Å². The van der Waals surface area contributed by atoms with Gasteiger partial charge in [0.25, 0.3) is 0 Å². The van der Waals surface area contributed by atoms with Crippen LogP contribution in [0.15, 0.2) is 53.8 Å². The highest BCUT2D eigenvalue weighted by atomic mass is 32.2. The SMILES string of the molecule is CCOc1ccc(C(=O)[C@@H](C)Sc2nnc3ccccn23)cc1. The Kier molecular flexibility index (Phi) is 4.62. The van der Waals surface area contributed by atoms with E-state index in [-0.39, 0.29) is 11.0 Å². The van der Waals surface area contributed by atoms with Crippen LogP contribution < -0.4 is 4.74 Å². The molecule has 23 heavy (non-hydrogen) atoms. The van der Waals surface area contributed by atoms with Gasteiger partial charge in [-0.2, -0.15) is 0 Å². The lowest BCUT2D eigenvalue weighted by Crippen LogP contribution is -2.14. The van der Waals surface area contributed by atoms with Crippen LogP contribution in [0.3, 0.4) is 0 Å². The first-order valence-corrected chi connectivity index (χ1v) is 8.30. The summed E-state index contributed by atoms with van der Waals surface area (Å²) in [6.45, 7) is 4.42. The average Bonchev–Trinajstić information content (AvgIpc) is 2.98. The van der Waals surface area contributed by atoms with Gasteiger partial charge in [-0.05, 0) is 50.2 Å². The maximum Gasteiger partial charge on any atom is 0.196 e. The van der Waals surface area contributed by atoms with Crippen molar-refractivity contribution in [3.8, 4) is 5.75 Å². The lowest BCUT2D eigenvalue weighted by atomic mass is 10.1. The Morgan fingerprint density at radius 3 is 2.74 bits per heavy atom. The highest BCUT2D eigenvalue weighted by Gasteiger charge is 2.19. The molecule has 0 bridgehead atoms. The number of hydrogen-bond donors (Lipinski definition) is 0. The fourth-order valence-electron chi connectivity index (χ4n) is 2.23. The van der Waals surface area contributed by atoms with Crippen molar-refractivity contribution >= 4 is 23.2 Å². The van der Waals surface area contributed by atoms with Crippen LogP contribution in [0.2, 0.25) is 0 Å². The van der Waals surface area contributed by atoms with Crippen LogP contribution in [-0.4, -0.2) is 32.2 Å². The van der Waals surface area contributed by atoms with E-state index in [1.165, 1.54) is 11.8 Å². The Bertz CT molecular complexity index is 814. The molecule has 0 N–H and O–H groups in total. The van der Waals surface area contributed by atoms with Gasteiger partial charge in [0.05, 0.1) is 11.9 Å². The van der Waals surface area contributed by atoms with Gasteiger partial charge in [-0.3, -0.25) is 9.20 Å². The molecule has 2 aromatic heterocycles. The van der Waals surface area contributed by atoms with Crippen LogP contribution in [0, 0.1) is 0 Å². The Morgan fingerprint density at radius 1 is 1.22 bits per heavy atom. The first kappa shape index (κ1) is 15.6. The summed E-state index contributed by atoms with van der Waals surface area (Å²) in [4.78, 5) is 12.6. The van der Waals surface area contributed by atoms with E-state index in [1.54, 1.807) is 12.1 Å². The van der Waals surface area contributed by atoms with Gasteiger partial charge in [0, 0.05) is 11.8 Å². The number of benzene rings is 1. The second-order valence-electron chi connectivity index (χ2n) is 4.99. The molecule has 0 aliphatic carbocycles. The third kappa shape index (κ3) is 3.37. The van der Waals surface area contributed by atoms with Crippen LogP contribution >= 0.6 is 11.8 Å². The van der Waals surface area contributed by atoms with Gasteiger partial charge in [-0.25, -0.2) is 0 Å². The summed E-state index contributed by atoms with van der Waals surface area (Å²) >= 11 is 1.41. The molecule has 1 aromatic carbocycles. The molecule has 1 atom stereocenters. The first-order valence-electron chi connectivity index (χ1n) is 7.42. The Hall–Kier alpha value is -2.34. The standard InChI is InChI=1S/C17H17N3O2S/c1-3-22-14-9-7-13(8-10-14)16(21)12(2)23-17-19-18-15-6-4-5-11-20(15)17/h4-12H,3H2,1-2H3/t12-/m1/s1. The second kappa shape index (κ2) is 6.83. The van der Waals surface area contributed by atoms with Crippen LogP contribution in [-0.2, 0) is 0 Å². The predicted molar refractivity (Wildman–Crippen MR) is 90.2 cm³/mol. The first-order chi connectivity index (χ1) is 11.2. The van der Waals surface area contributed by atoms with Crippen molar-refractivity contribution in [2.45, 2.75) is 24.3 Å². The summed E-state index contributed by atoms with van der Waals surface area (Å²) in [6, 6.07) is 12.9. The monoisotopic (exact) mass is 327 g/mol. The molecule has 0 unspecified atom stereocenters. The minimum atomic E-state index is -0.249. The van der Waals surface area contributed by atoms with E-state index in [1.807, 2.05) is 54.8 Å². The maximum atomic E-state index is 12.6. The number of fused-ring (bicyclic) bond motifs is 1. The molecule has 0 aliphatic heterocycles. The third-order valence-electron chi connectivity index (χ3n) is 3.38. The van der Waals surface area contributed by atoms with Gasteiger partial charge in [0.15, 0.2) is 16.6 Å². The summed E-state index contributed by atoms with van der Waals surface area (Å²) in [6.07, 6.45) is 1.89. The zero-order chi connectivity index (χ0) is 16.2. The van der Waals surface area contributed by atoms with E-state index < -0.39 is 0 Å². The molecule has 5 nitrogen and oxygen atoms in total. The largest absolute Gasteiger partial charge is 0.494 e. The number of nitrogens with zero attached hydrogens (tertiary/aromatic N) is 3. The lowest BCUT2D eigenvalue weighted by Gasteiger charge is -2.10. The van der Waals surface area contributed by atoms with E-state index in [4.69, 9.17) is 4.74 Å². The molecule has 0 radical (unpaired) electrons. The van der Waals surface area contributed by atoms with E-state index >= 15 is 0 Å². The molecule has 0 amide bonds. The Morgan fingerprint density at radius 2 is 2.00 bits per heavy atom. The van der Waals surface area contributed by atoms with Crippen molar-refractivity contribution in [3.05, 3.63) is 54.2 Å². The highest BCUT2D eigenvalue weighted by molar-refractivity contribution is 8.00. The highest BCUT2D eigenvalue weighted by Crippen LogP contribution is 2.25. The molecular weight excluding hydrogens is 310 g/mol. The van der Waals surface area contributed by atoms with Crippen LogP contribution in [0.4, 0.5) is 0 Å². The molecule has 3 aromatic rings. The van der Waals surface area contributed by atoms with E-state index in [0.29, 0.717) is 17.3 Å². The normalized spacial score (nSPS) is 12.3. The van der Waals surface area contributed by atoms with Gasteiger partial charge in [-0.15, -0.1) is 10.2 Å². The lowest BCUT2D eigenvalue weighted by molar-refractivity contribution is 0.0994. The molecule has 0 saturated carbocycles. The van der Waals surface area contributed by atoms with Crippen molar-refractivity contribution in [2.75, 3.05) is 6.61 Å². The Labute approximate surface area is 138 Å². The van der Waals surface area contributed by atoms with Gasteiger partial charge >= 0.3 is 0 Å². The summed E-state index contributed by atoms with van der Waals surface area (Å²) in [7, 11) is 0. The van der Waals surface area contributed by atoms with Crippen molar-refractivity contribution in [2.24, 2.45) is 0 Å². The smallest absolute Gasteiger partial charge is 0.196 e. The minimum Gasteiger partial charge on any atom is -0.494 e. The summed E-state index contributed by atoms with van der Waals surface area (Å²) < 4.78 is 7.28. The molecule has 2 heterocycles. The zero-order valence-electron chi connectivity index (χ0n) is 13.0. The molecule has 3 rings (SSSR count). The number of thioether (sulfide) groups is 1. The van der Waals surface area contributed by atoms with Crippen molar-refractivity contribution in [1.82, 2.24) is 14.6 Å². The van der Waals surface area contributed by atoms with Crippen LogP contribution in [0.5, 0.6) is 5.75 Å². The molecular formula is C17H17N3O2S. The summed E-state index contributed by atoms with van der Waals surface area (Å²) in [5.74, 6) is 0.832. The quantitative estimate of drug-likeness (QED) is 0.512. The third-order valence-corrected chi connectivity index (χ3v) is 4.44. The molecule has 6 heteroatoms. The van der Waals surface area contributed by atoms with Gasteiger partial charge in [0.2, 0.25) is 0 Å². The summed E-state index contributed by atoms with van der Waals surface area (Å²) in [5, 5.41) is 8.72. The fraction of sp³-hybridized carbons (Fsp3) is 0.235. The number of carbonyl (C=O) groups excluding carboxylic acids is 1. The molecule has 0 fully saturated rings. The van der Waals surface area contributed by atoms with Crippen molar-refractivity contribution < 1.29 is 9.53 Å². The number of rotatable bonds is 6. The molecule has 118 valence electrons. The summed E-state index contributed by atoms with van der Waals surface area (Å²) in [5.41, 5.74) is 1.44. The molecule has 0 spiro atoms. The number of hydrogen-bond acceptors (Lipinski definition) is 5. The number of ketones is 1. The van der Waals surface area contributed by atoms with E-state index in [9.17, 15) is 4.79 Å². The number of Topliss-reactive ketones (excluding diaryl/α,β-unsaturated/α-hetero) is 1. The van der Waals surface area contributed by atoms with E-state index in [0.717, 1.165) is 11.4 Å². The zero-order valence-corrected chi connectivity index (χ0v) is 13.8. The minimum absolute atomic E-state index is 0.0609. The maximum absolute atomic E-state index is 12.6. The average molecular weight is 327 g/mol. The van der Waals surface area contributed by atoms with E-state index in [2.05, 4.69) is 10.2 Å². The Balaban J connectivity index is 1.74. The topological polar surface area (TPSA) is 56.5 Å². The fourth-order valence-corrected chi connectivity index (χ4v) is 3.14. The number of carbonyl (C=O) groups is 1. The van der Waals surface area contributed by atoms with Crippen LogP contribution in [0.25, 0.3) is 5.65 Å². The molecule has 0 saturated heterocycles. The second-order valence-corrected chi connectivity index (χ2v) is 6.30. The predicted octanol–water partition coefficient (Wildman–Crippen LogP) is 3.49.